The molecule has 2 aliphatic rings. The number of rotatable bonds is 2. The summed E-state index contributed by atoms with van der Waals surface area (Å²) in [4.78, 5) is 30.4. The molecule has 0 aromatic heterocycles. The summed E-state index contributed by atoms with van der Waals surface area (Å²) < 4.78 is 10.6. The van der Waals surface area contributed by atoms with E-state index < -0.39 is 23.7 Å². The number of likely N-dealkylation sites (N-methyl/N-ethyl adjacent to an activating group) is 1. The van der Waals surface area contributed by atoms with Crippen LogP contribution >= 0.6 is 12.2 Å². The fourth-order valence-electron chi connectivity index (χ4n) is 2.95. The van der Waals surface area contributed by atoms with Gasteiger partial charge in [-0.25, -0.2) is 9.59 Å². The van der Waals surface area contributed by atoms with E-state index in [1.807, 2.05) is 16.8 Å². The number of carbonyl (C=O) groups is 2. The highest BCUT2D eigenvalue weighted by Gasteiger charge is 2.49. The minimum atomic E-state index is -0.707. The minimum absolute atomic E-state index is 0.201. The van der Waals surface area contributed by atoms with Crippen LogP contribution in [0.5, 0.6) is 0 Å². The maximum absolute atomic E-state index is 12.5. The Kier molecular flexibility index (Phi) is 5.03. The number of carbonyl (C=O) groups excluding carboxylic acids is 2. The van der Waals surface area contributed by atoms with Crippen LogP contribution in [0.2, 0.25) is 0 Å². The molecule has 2 aliphatic heterocycles. The standard InChI is InChI=1S/C15H25N3O4S/c1-6-21-12(19)11-10-9-16(5)13(23)17(10)7-8-18(11)14(20)22-15(2,3)4/h10-11H,6-9H2,1-5H3/t10-,11+/m1/s1. The van der Waals surface area contributed by atoms with Crippen LogP contribution in [0.1, 0.15) is 27.7 Å². The van der Waals surface area contributed by atoms with Gasteiger partial charge < -0.3 is 19.3 Å². The Balaban J connectivity index is 2.26. The van der Waals surface area contributed by atoms with Crippen LogP contribution in [0.3, 0.4) is 0 Å². The number of fused-ring (bicyclic) bond motifs is 1. The summed E-state index contributed by atoms with van der Waals surface area (Å²) in [5, 5.41) is 0.702. The number of nitrogens with zero attached hydrogens (tertiary/aromatic N) is 3. The zero-order valence-electron chi connectivity index (χ0n) is 14.4. The quantitative estimate of drug-likeness (QED) is 0.549. The molecule has 0 aliphatic carbocycles. The Hall–Kier alpha value is -1.57. The van der Waals surface area contributed by atoms with Crippen LogP contribution < -0.4 is 0 Å². The molecule has 2 fully saturated rings. The second-order valence-corrected chi connectivity index (χ2v) is 7.16. The van der Waals surface area contributed by atoms with Crippen LogP contribution in [0.15, 0.2) is 0 Å². The SMILES string of the molecule is CCOC(=O)[C@@H]1[C@H]2CN(C)C(=S)N2CCN1C(=O)OC(C)(C)C. The van der Waals surface area contributed by atoms with Gasteiger partial charge in [0.05, 0.1) is 12.6 Å². The molecule has 130 valence electrons. The van der Waals surface area contributed by atoms with E-state index >= 15 is 0 Å². The highest BCUT2D eigenvalue weighted by Crippen LogP contribution is 2.27. The molecule has 2 heterocycles. The zero-order chi connectivity index (χ0) is 17.4. The van der Waals surface area contributed by atoms with E-state index in [-0.39, 0.29) is 12.6 Å². The maximum atomic E-state index is 12.5. The summed E-state index contributed by atoms with van der Waals surface area (Å²) in [5.74, 6) is -0.411. The topological polar surface area (TPSA) is 62.3 Å². The molecular formula is C15H25N3O4S. The Morgan fingerprint density at radius 3 is 2.52 bits per heavy atom. The van der Waals surface area contributed by atoms with Crippen LogP contribution in [0, 0.1) is 0 Å². The first-order chi connectivity index (χ1) is 10.7. The molecule has 7 nitrogen and oxygen atoms in total. The van der Waals surface area contributed by atoms with Crippen molar-refractivity contribution in [3.05, 3.63) is 0 Å². The van der Waals surface area contributed by atoms with Crippen molar-refractivity contribution in [3.63, 3.8) is 0 Å². The van der Waals surface area contributed by atoms with Gasteiger partial charge in [-0.05, 0) is 39.9 Å². The molecule has 0 N–H and O–H groups in total. The van der Waals surface area contributed by atoms with Crippen molar-refractivity contribution in [1.82, 2.24) is 14.7 Å². The Labute approximate surface area is 142 Å². The minimum Gasteiger partial charge on any atom is -0.464 e. The summed E-state index contributed by atoms with van der Waals surface area (Å²) >= 11 is 5.40. The average Bonchev–Trinajstić information content (AvgIpc) is 2.71. The lowest BCUT2D eigenvalue weighted by Gasteiger charge is -2.42. The van der Waals surface area contributed by atoms with E-state index in [0.717, 1.165) is 0 Å². The molecule has 0 unspecified atom stereocenters. The molecule has 2 rings (SSSR count). The second kappa shape index (κ2) is 6.51. The summed E-state index contributed by atoms with van der Waals surface area (Å²) in [5.41, 5.74) is -0.616. The van der Waals surface area contributed by atoms with Gasteiger partial charge in [0.2, 0.25) is 0 Å². The molecule has 1 amide bonds. The molecule has 0 aromatic carbocycles. The van der Waals surface area contributed by atoms with E-state index in [2.05, 4.69) is 0 Å². The van der Waals surface area contributed by atoms with Crippen LogP contribution in [0.4, 0.5) is 4.79 Å². The number of thiocarbonyl (C=S) groups is 1. The number of piperazine rings is 1. The molecule has 2 saturated heterocycles. The van der Waals surface area contributed by atoms with Gasteiger partial charge in [0.15, 0.2) is 11.2 Å². The molecule has 0 bridgehead atoms. The third-order valence-electron chi connectivity index (χ3n) is 3.87. The lowest BCUT2D eigenvalue weighted by molar-refractivity contribution is -0.153. The maximum Gasteiger partial charge on any atom is 0.411 e. The van der Waals surface area contributed by atoms with Gasteiger partial charge in [0.1, 0.15) is 5.60 Å². The van der Waals surface area contributed by atoms with Gasteiger partial charge >= 0.3 is 12.1 Å². The molecule has 0 radical (unpaired) electrons. The largest absolute Gasteiger partial charge is 0.464 e. The number of ether oxygens (including phenoxy) is 2. The molecular weight excluding hydrogens is 318 g/mol. The van der Waals surface area contributed by atoms with Gasteiger partial charge in [0.25, 0.3) is 0 Å². The van der Waals surface area contributed by atoms with E-state index in [4.69, 9.17) is 21.7 Å². The fraction of sp³-hybridized carbons (Fsp3) is 0.800. The molecule has 0 aromatic rings. The summed E-state index contributed by atoms with van der Waals surface area (Å²) in [6, 6.07) is -0.908. The van der Waals surface area contributed by atoms with Crippen LogP contribution in [-0.2, 0) is 14.3 Å². The van der Waals surface area contributed by atoms with E-state index in [1.54, 1.807) is 27.7 Å². The highest BCUT2D eigenvalue weighted by molar-refractivity contribution is 7.80. The molecule has 0 spiro atoms. The third-order valence-corrected chi connectivity index (χ3v) is 4.42. The Morgan fingerprint density at radius 2 is 1.96 bits per heavy atom. The van der Waals surface area contributed by atoms with Crippen molar-refractivity contribution in [2.24, 2.45) is 0 Å². The fourth-order valence-corrected chi connectivity index (χ4v) is 3.25. The van der Waals surface area contributed by atoms with E-state index in [0.29, 0.717) is 24.7 Å². The van der Waals surface area contributed by atoms with Gasteiger partial charge in [0, 0.05) is 26.7 Å². The zero-order valence-corrected chi connectivity index (χ0v) is 15.2. The van der Waals surface area contributed by atoms with Crippen molar-refractivity contribution in [2.75, 3.05) is 33.3 Å². The molecule has 0 saturated carbocycles. The first-order valence-electron chi connectivity index (χ1n) is 7.83. The molecule has 2 atom stereocenters. The number of amides is 1. The lowest BCUT2D eigenvalue weighted by Crippen LogP contribution is -2.64. The third kappa shape index (κ3) is 3.68. The van der Waals surface area contributed by atoms with E-state index in [1.165, 1.54) is 4.90 Å². The van der Waals surface area contributed by atoms with Crippen LogP contribution in [0.25, 0.3) is 0 Å². The first kappa shape index (κ1) is 17.8. The van der Waals surface area contributed by atoms with Crippen LogP contribution in [-0.4, -0.2) is 82.8 Å². The first-order valence-corrected chi connectivity index (χ1v) is 8.24. The summed E-state index contributed by atoms with van der Waals surface area (Å²) in [6.07, 6.45) is -0.490. The lowest BCUT2D eigenvalue weighted by atomic mass is 10.0. The van der Waals surface area contributed by atoms with Crippen molar-refractivity contribution in [1.29, 1.82) is 0 Å². The Bertz CT molecular complexity index is 505. The smallest absolute Gasteiger partial charge is 0.411 e. The second-order valence-electron chi connectivity index (χ2n) is 6.79. The van der Waals surface area contributed by atoms with Crippen molar-refractivity contribution >= 4 is 29.4 Å². The molecule has 23 heavy (non-hydrogen) atoms. The van der Waals surface area contributed by atoms with Gasteiger partial charge in [-0.3, -0.25) is 4.90 Å². The number of hydrogen-bond acceptors (Lipinski definition) is 5. The van der Waals surface area contributed by atoms with Crippen molar-refractivity contribution < 1.29 is 19.1 Å². The van der Waals surface area contributed by atoms with Crippen molar-refractivity contribution in [3.8, 4) is 0 Å². The van der Waals surface area contributed by atoms with E-state index in [9.17, 15) is 9.59 Å². The molecule has 8 heteroatoms. The predicted octanol–water partition coefficient (Wildman–Crippen LogP) is 1.07. The summed E-state index contributed by atoms with van der Waals surface area (Å²) in [7, 11) is 1.89. The average molecular weight is 343 g/mol. The van der Waals surface area contributed by atoms with Gasteiger partial charge in [-0.15, -0.1) is 0 Å². The normalized spacial score (nSPS) is 24.6. The van der Waals surface area contributed by atoms with Gasteiger partial charge in [-0.2, -0.15) is 0 Å². The number of esters is 1. The highest BCUT2D eigenvalue weighted by atomic mass is 32.1. The van der Waals surface area contributed by atoms with Gasteiger partial charge in [-0.1, -0.05) is 0 Å². The number of hydrogen-bond donors (Lipinski definition) is 0. The Morgan fingerprint density at radius 1 is 1.30 bits per heavy atom. The predicted molar refractivity (Wildman–Crippen MR) is 89.1 cm³/mol. The monoisotopic (exact) mass is 343 g/mol. The van der Waals surface area contributed by atoms with Crippen molar-refractivity contribution in [2.45, 2.75) is 45.4 Å². The summed E-state index contributed by atoms with van der Waals surface area (Å²) in [6.45, 7) is 8.98.